The van der Waals surface area contributed by atoms with Crippen molar-refractivity contribution in [3.8, 4) is 0 Å². The van der Waals surface area contributed by atoms with Gasteiger partial charge in [0.05, 0.1) is 11.6 Å². The van der Waals surface area contributed by atoms with E-state index in [4.69, 9.17) is 0 Å². The summed E-state index contributed by atoms with van der Waals surface area (Å²) in [6.45, 7) is 1.93. The Hall–Kier alpha value is -2.03. The van der Waals surface area contributed by atoms with Gasteiger partial charge in [-0.3, -0.25) is 14.8 Å². The predicted octanol–water partition coefficient (Wildman–Crippen LogP) is 2.70. The standard InChI is InChI=1S/C15H14N2O/c1-10-4-2-8-16-13(10)15(18)12-7-6-11-5-3-9-17-14(11)12/h2-5,8-9,12H,6-7H2,1H3. The first-order valence-corrected chi connectivity index (χ1v) is 6.17. The third-order valence-electron chi connectivity index (χ3n) is 3.52. The lowest BCUT2D eigenvalue weighted by atomic mass is 9.96. The highest BCUT2D eigenvalue weighted by molar-refractivity contribution is 6.00. The summed E-state index contributed by atoms with van der Waals surface area (Å²) in [4.78, 5) is 21.1. The minimum absolute atomic E-state index is 0.102. The average molecular weight is 238 g/mol. The van der Waals surface area contributed by atoms with Gasteiger partial charge in [0.2, 0.25) is 0 Å². The Bertz CT molecular complexity index is 607. The van der Waals surface area contributed by atoms with Gasteiger partial charge in [0.1, 0.15) is 5.69 Å². The summed E-state index contributed by atoms with van der Waals surface area (Å²) in [6.07, 6.45) is 5.22. The van der Waals surface area contributed by atoms with Crippen LogP contribution in [-0.4, -0.2) is 15.8 Å². The highest BCUT2D eigenvalue weighted by Crippen LogP contribution is 2.33. The SMILES string of the molecule is Cc1cccnc1C(=O)C1CCc2cccnc21. The van der Waals surface area contributed by atoms with Gasteiger partial charge in [0, 0.05) is 12.4 Å². The first kappa shape index (κ1) is 11.1. The van der Waals surface area contributed by atoms with E-state index in [0.717, 1.165) is 24.1 Å². The third-order valence-corrected chi connectivity index (χ3v) is 3.52. The fourth-order valence-electron chi connectivity index (χ4n) is 2.58. The van der Waals surface area contributed by atoms with E-state index in [2.05, 4.69) is 16.0 Å². The highest BCUT2D eigenvalue weighted by Gasteiger charge is 2.31. The van der Waals surface area contributed by atoms with Gasteiger partial charge in [-0.25, -0.2) is 0 Å². The number of carbonyl (C=O) groups is 1. The lowest BCUT2D eigenvalue weighted by Gasteiger charge is -2.10. The number of aromatic nitrogens is 2. The summed E-state index contributed by atoms with van der Waals surface area (Å²) in [6, 6.07) is 7.76. The molecule has 0 amide bonds. The van der Waals surface area contributed by atoms with E-state index in [1.807, 2.05) is 25.1 Å². The molecule has 1 atom stereocenters. The molecule has 3 heteroatoms. The maximum Gasteiger partial charge on any atom is 0.190 e. The Morgan fingerprint density at radius 3 is 2.83 bits per heavy atom. The van der Waals surface area contributed by atoms with Crippen molar-refractivity contribution in [2.75, 3.05) is 0 Å². The van der Waals surface area contributed by atoms with Crippen molar-refractivity contribution < 1.29 is 4.79 Å². The van der Waals surface area contributed by atoms with E-state index < -0.39 is 0 Å². The molecule has 18 heavy (non-hydrogen) atoms. The molecule has 2 heterocycles. The zero-order valence-corrected chi connectivity index (χ0v) is 10.3. The van der Waals surface area contributed by atoms with Gasteiger partial charge >= 0.3 is 0 Å². The summed E-state index contributed by atoms with van der Waals surface area (Å²) >= 11 is 0. The molecule has 0 spiro atoms. The molecule has 2 aromatic heterocycles. The van der Waals surface area contributed by atoms with E-state index in [1.165, 1.54) is 5.56 Å². The molecule has 0 radical (unpaired) electrons. The summed E-state index contributed by atoms with van der Waals surface area (Å²) < 4.78 is 0. The van der Waals surface area contributed by atoms with Gasteiger partial charge in [-0.1, -0.05) is 12.1 Å². The topological polar surface area (TPSA) is 42.9 Å². The maximum absolute atomic E-state index is 12.5. The third kappa shape index (κ3) is 1.72. The molecule has 0 fully saturated rings. The Labute approximate surface area is 106 Å². The zero-order chi connectivity index (χ0) is 12.5. The van der Waals surface area contributed by atoms with Crippen LogP contribution >= 0.6 is 0 Å². The molecular weight excluding hydrogens is 224 g/mol. The Kier molecular flexibility index (Phi) is 2.67. The molecule has 0 aliphatic heterocycles. The van der Waals surface area contributed by atoms with Crippen LogP contribution in [0.25, 0.3) is 0 Å². The largest absolute Gasteiger partial charge is 0.292 e. The molecule has 3 rings (SSSR count). The minimum Gasteiger partial charge on any atom is -0.292 e. The number of aryl methyl sites for hydroxylation is 2. The molecule has 90 valence electrons. The number of pyridine rings is 2. The van der Waals surface area contributed by atoms with Crippen LogP contribution in [-0.2, 0) is 6.42 Å². The number of nitrogens with zero attached hydrogens (tertiary/aromatic N) is 2. The van der Waals surface area contributed by atoms with Crippen LogP contribution in [0.1, 0.15) is 39.6 Å². The molecular formula is C15H14N2O. The predicted molar refractivity (Wildman–Crippen MR) is 68.6 cm³/mol. The van der Waals surface area contributed by atoms with Crippen molar-refractivity contribution in [1.82, 2.24) is 9.97 Å². The molecule has 1 aliphatic rings. The zero-order valence-electron chi connectivity index (χ0n) is 10.3. The molecule has 0 saturated carbocycles. The van der Waals surface area contributed by atoms with Crippen LogP contribution in [0.2, 0.25) is 0 Å². The molecule has 1 unspecified atom stereocenters. The number of Topliss-reactive ketones (excluding diaryl/α,β-unsaturated/α-hetero) is 1. The van der Waals surface area contributed by atoms with E-state index in [-0.39, 0.29) is 11.7 Å². The van der Waals surface area contributed by atoms with Crippen LogP contribution in [0, 0.1) is 6.92 Å². The molecule has 0 N–H and O–H groups in total. The van der Waals surface area contributed by atoms with Crippen molar-refractivity contribution in [3.05, 3.63) is 59.2 Å². The molecule has 3 nitrogen and oxygen atoms in total. The molecule has 0 aromatic carbocycles. The number of fused-ring (bicyclic) bond motifs is 1. The summed E-state index contributed by atoms with van der Waals surface area (Å²) in [7, 11) is 0. The number of carbonyl (C=O) groups excluding carboxylic acids is 1. The second kappa shape index (κ2) is 4.33. The van der Waals surface area contributed by atoms with Gasteiger partial charge < -0.3 is 0 Å². The summed E-state index contributed by atoms with van der Waals surface area (Å²) in [5, 5.41) is 0. The smallest absolute Gasteiger partial charge is 0.190 e. The number of ketones is 1. The van der Waals surface area contributed by atoms with Crippen LogP contribution in [0.3, 0.4) is 0 Å². The van der Waals surface area contributed by atoms with Gasteiger partial charge in [-0.2, -0.15) is 0 Å². The fraction of sp³-hybridized carbons (Fsp3) is 0.267. The molecule has 0 bridgehead atoms. The van der Waals surface area contributed by atoms with Crippen molar-refractivity contribution >= 4 is 5.78 Å². The summed E-state index contributed by atoms with van der Waals surface area (Å²) in [5.74, 6) is -0.0136. The first-order valence-electron chi connectivity index (χ1n) is 6.17. The molecule has 0 saturated heterocycles. The van der Waals surface area contributed by atoms with Crippen LogP contribution in [0.4, 0.5) is 0 Å². The number of hydrogen-bond donors (Lipinski definition) is 0. The Morgan fingerprint density at radius 1 is 1.22 bits per heavy atom. The van der Waals surface area contributed by atoms with E-state index >= 15 is 0 Å². The van der Waals surface area contributed by atoms with E-state index in [1.54, 1.807) is 12.4 Å². The average Bonchev–Trinajstić information content (AvgIpc) is 2.82. The second-order valence-electron chi connectivity index (χ2n) is 4.67. The minimum atomic E-state index is -0.116. The maximum atomic E-state index is 12.5. The van der Waals surface area contributed by atoms with Crippen molar-refractivity contribution in [3.63, 3.8) is 0 Å². The lowest BCUT2D eigenvalue weighted by molar-refractivity contribution is 0.0952. The molecule has 2 aromatic rings. The fourth-order valence-corrected chi connectivity index (χ4v) is 2.58. The number of rotatable bonds is 2. The van der Waals surface area contributed by atoms with Gasteiger partial charge in [-0.15, -0.1) is 0 Å². The Balaban J connectivity index is 1.99. The summed E-state index contributed by atoms with van der Waals surface area (Å²) in [5.41, 5.74) is 3.66. The van der Waals surface area contributed by atoms with Crippen molar-refractivity contribution in [2.45, 2.75) is 25.7 Å². The quantitative estimate of drug-likeness (QED) is 0.755. The van der Waals surface area contributed by atoms with Gasteiger partial charge in [-0.05, 0) is 43.0 Å². The van der Waals surface area contributed by atoms with E-state index in [9.17, 15) is 4.79 Å². The first-order chi connectivity index (χ1) is 8.77. The van der Waals surface area contributed by atoms with Crippen LogP contribution in [0.15, 0.2) is 36.7 Å². The second-order valence-corrected chi connectivity index (χ2v) is 4.67. The van der Waals surface area contributed by atoms with Crippen LogP contribution < -0.4 is 0 Å². The monoisotopic (exact) mass is 238 g/mol. The van der Waals surface area contributed by atoms with Crippen LogP contribution in [0.5, 0.6) is 0 Å². The van der Waals surface area contributed by atoms with E-state index in [0.29, 0.717) is 5.69 Å². The Morgan fingerprint density at radius 2 is 2.00 bits per heavy atom. The van der Waals surface area contributed by atoms with Gasteiger partial charge in [0.15, 0.2) is 5.78 Å². The van der Waals surface area contributed by atoms with Gasteiger partial charge in [0.25, 0.3) is 0 Å². The lowest BCUT2D eigenvalue weighted by Crippen LogP contribution is -2.14. The normalized spacial score (nSPS) is 17.5. The highest BCUT2D eigenvalue weighted by atomic mass is 16.1. The molecule has 1 aliphatic carbocycles. The number of hydrogen-bond acceptors (Lipinski definition) is 3. The van der Waals surface area contributed by atoms with Crippen molar-refractivity contribution in [1.29, 1.82) is 0 Å². The van der Waals surface area contributed by atoms with Crippen molar-refractivity contribution in [2.24, 2.45) is 0 Å².